The van der Waals surface area contributed by atoms with E-state index in [0.29, 0.717) is 15.5 Å². The summed E-state index contributed by atoms with van der Waals surface area (Å²) in [5.74, 6) is -4.04. The van der Waals surface area contributed by atoms with Crippen LogP contribution in [0.25, 0.3) is 0 Å². The fourth-order valence-corrected chi connectivity index (χ4v) is 8.85. The van der Waals surface area contributed by atoms with Crippen molar-refractivity contribution in [2.75, 3.05) is 10.2 Å². The van der Waals surface area contributed by atoms with Crippen molar-refractivity contribution in [1.29, 1.82) is 0 Å². The van der Waals surface area contributed by atoms with Crippen LogP contribution >= 0.6 is 34.7 Å². The zero-order valence-corrected chi connectivity index (χ0v) is 26.2. The topological polar surface area (TPSA) is 149 Å². The maximum absolute atomic E-state index is 13.9. The zero-order chi connectivity index (χ0) is 33.1. The lowest BCUT2D eigenvalue weighted by Gasteiger charge is -2.30. The number of nitrogens with one attached hydrogen (secondary N) is 1. The van der Waals surface area contributed by atoms with Crippen molar-refractivity contribution in [2.24, 2.45) is 11.1 Å². The number of nitrogens with two attached hydrogens (primary N) is 1. The minimum absolute atomic E-state index is 0.164. The second kappa shape index (κ2) is 11.7. The van der Waals surface area contributed by atoms with Crippen LogP contribution in [0.2, 0.25) is 5.02 Å². The molecule has 3 N–H and O–H groups in total. The molecule has 238 valence electrons. The van der Waals surface area contributed by atoms with Gasteiger partial charge in [0.15, 0.2) is 0 Å². The van der Waals surface area contributed by atoms with Gasteiger partial charge in [-0.2, -0.15) is 13.2 Å². The molecular weight excluding hydrogens is 689 g/mol. The van der Waals surface area contributed by atoms with E-state index >= 15 is 0 Å². The number of benzene rings is 3. The van der Waals surface area contributed by atoms with E-state index < -0.39 is 68.0 Å². The van der Waals surface area contributed by atoms with E-state index in [1.54, 1.807) is 24.3 Å². The van der Waals surface area contributed by atoms with Crippen molar-refractivity contribution in [3.8, 4) is 0 Å². The first-order chi connectivity index (χ1) is 21.6. The Morgan fingerprint density at radius 2 is 1.65 bits per heavy atom. The van der Waals surface area contributed by atoms with Gasteiger partial charge in [0.2, 0.25) is 27.7 Å². The molecule has 1 aromatic heterocycles. The maximum atomic E-state index is 13.9. The van der Waals surface area contributed by atoms with Gasteiger partial charge < -0.3 is 5.32 Å². The lowest BCUT2D eigenvalue weighted by atomic mass is 9.83. The number of thiazole rings is 1. The average molecular weight is 709 g/mol. The number of anilines is 2. The number of halogens is 4. The Labute approximate surface area is 272 Å². The number of hydrogen-bond acceptors (Lipinski definition) is 8. The summed E-state index contributed by atoms with van der Waals surface area (Å²) in [4.78, 5) is 54.5. The number of thioether (sulfide) groups is 1. The molecular formula is C29H20ClF3N4O6S3. The highest BCUT2D eigenvalue weighted by Crippen LogP contribution is 2.54. The Bertz CT molecular complexity index is 2070. The first kappa shape index (κ1) is 32.0. The molecule has 0 bridgehead atoms. The molecule has 1 fully saturated rings. The number of aromatic nitrogens is 1. The Morgan fingerprint density at radius 3 is 2.28 bits per heavy atom. The molecule has 2 aliphatic rings. The van der Waals surface area contributed by atoms with Crippen LogP contribution in [0.1, 0.15) is 21.9 Å². The van der Waals surface area contributed by atoms with Crippen LogP contribution < -0.4 is 20.2 Å². The molecule has 0 aliphatic carbocycles. The molecule has 2 unspecified atom stereocenters. The van der Waals surface area contributed by atoms with Crippen molar-refractivity contribution in [3.63, 3.8) is 0 Å². The van der Waals surface area contributed by atoms with Gasteiger partial charge in [0.05, 0.1) is 27.1 Å². The van der Waals surface area contributed by atoms with Crippen LogP contribution in [0.5, 0.6) is 0 Å². The molecule has 4 aromatic rings. The number of imide groups is 1. The summed E-state index contributed by atoms with van der Waals surface area (Å²) in [6.07, 6.45) is -4.71. The van der Waals surface area contributed by atoms with Crippen LogP contribution in [0, 0.1) is 5.92 Å². The maximum Gasteiger partial charge on any atom is 0.416 e. The molecule has 17 heteroatoms. The van der Waals surface area contributed by atoms with E-state index in [9.17, 15) is 40.8 Å². The van der Waals surface area contributed by atoms with Crippen molar-refractivity contribution < 1.29 is 36.0 Å². The molecule has 10 nitrogen and oxygen atoms in total. The highest BCUT2D eigenvalue weighted by Gasteiger charge is 2.57. The normalized spacial score (nSPS) is 19.6. The second-order valence-corrected chi connectivity index (χ2v) is 14.5. The van der Waals surface area contributed by atoms with Gasteiger partial charge in [-0.05, 0) is 60.2 Å². The highest BCUT2D eigenvalue weighted by molar-refractivity contribution is 8.00. The minimum Gasteiger partial charge on any atom is -0.325 e. The van der Waals surface area contributed by atoms with Crippen LogP contribution in [-0.4, -0.2) is 36.0 Å². The van der Waals surface area contributed by atoms with E-state index in [4.69, 9.17) is 16.7 Å². The fraction of sp³-hybridized carbons (Fsp3) is 0.172. The molecule has 0 spiro atoms. The van der Waals surface area contributed by atoms with E-state index in [0.717, 1.165) is 46.2 Å². The predicted octanol–water partition coefficient (Wildman–Crippen LogP) is 4.66. The summed E-state index contributed by atoms with van der Waals surface area (Å²) in [6.45, 7) is -0.487. The van der Waals surface area contributed by atoms with Crippen LogP contribution in [0.15, 0.2) is 87.5 Å². The zero-order valence-electron chi connectivity index (χ0n) is 23.0. The van der Waals surface area contributed by atoms with Crippen LogP contribution in [-0.2, 0) is 37.1 Å². The molecule has 0 radical (unpaired) electrons. The highest BCUT2D eigenvalue weighted by atomic mass is 35.5. The summed E-state index contributed by atoms with van der Waals surface area (Å²) < 4.78 is 64.7. The molecule has 2 aliphatic heterocycles. The van der Waals surface area contributed by atoms with E-state index in [1.165, 1.54) is 34.9 Å². The Morgan fingerprint density at radius 1 is 0.978 bits per heavy atom. The van der Waals surface area contributed by atoms with Gasteiger partial charge >= 0.3 is 11.0 Å². The Balaban J connectivity index is 1.37. The summed E-state index contributed by atoms with van der Waals surface area (Å²) in [5, 5.41) is 7.22. The first-order valence-electron chi connectivity index (χ1n) is 13.3. The lowest BCUT2D eigenvalue weighted by Crippen LogP contribution is -2.33. The van der Waals surface area contributed by atoms with E-state index in [1.807, 2.05) is 0 Å². The monoisotopic (exact) mass is 708 g/mol. The van der Waals surface area contributed by atoms with Crippen molar-refractivity contribution >= 4 is 73.8 Å². The number of primary sulfonamides is 1. The third-order valence-electron chi connectivity index (χ3n) is 7.48. The van der Waals surface area contributed by atoms with Gasteiger partial charge in [-0.3, -0.25) is 23.7 Å². The third kappa shape index (κ3) is 5.86. The summed E-state index contributed by atoms with van der Waals surface area (Å²) in [6, 6.07) is 15.4. The quantitative estimate of drug-likeness (QED) is 0.277. The molecule has 3 atom stereocenters. The van der Waals surface area contributed by atoms with Gasteiger partial charge in [0, 0.05) is 21.5 Å². The number of carbonyl (C=O) groups is 3. The predicted molar refractivity (Wildman–Crippen MR) is 165 cm³/mol. The molecule has 1 saturated heterocycles. The Kier molecular flexibility index (Phi) is 8.13. The van der Waals surface area contributed by atoms with Gasteiger partial charge in [-0.1, -0.05) is 52.9 Å². The first-order valence-corrected chi connectivity index (χ1v) is 16.9. The number of fused-ring (bicyclic) bond motifs is 2. The molecule has 3 amide bonds. The van der Waals surface area contributed by atoms with Gasteiger partial charge in [0.25, 0.3) is 0 Å². The molecule has 3 heterocycles. The van der Waals surface area contributed by atoms with Crippen molar-refractivity contribution in [3.05, 3.63) is 103 Å². The van der Waals surface area contributed by atoms with Gasteiger partial charge in [0.1, 0.15) is 11.8 Å². The number of nitrogens with zero attached hydrogens (tertiary/aromatic N) is 2. The minimum atomic E-state index is -4.71. The largest absolute Gasteiger partial charge is 0.416 e. The number of rotatable bonds is 6. The summed E-state index contributed by atoms with van der Waals surface area (Å²) in [7, 11) is -3.95. The van der Waals surface area contributed by atoms with Crippen molar-refractivity contribution in [1.82, 2.24) is 4.57 Å². The molecule has 0 saturated carbocycles. The van der Waals surface area contributed by atoms with Crippen LogP contribution in [0.4, 0.5) is 24.5 Å². The Hall–Kier alpha value is -3.96. The molecule has 6 rings (SSSR count). The standard InChI is InChI=1S/C29H20ClF3N4O6S3/c30-16-6-4-14(5-7-16)21-22-23(26(40)37(25(22)39)18-3-1-2-15(12-18)29(31,32)33)44-27-24(21)45-28(41)36(27)13-20(38)35-17-8-10-19(11-9-17)46(34,42)43/h1-12,21-23H,13H2,(H,35,38)(H2,34,42,43)/t21-,22?,23?/m0/s1. The fourth-order valence-electron chi connectivity index (χ4n) is 5.43. The SMILES string of the molecule is NS(=O)(=O)c1ccc(NC(=O)Cn2c3c(sc2=O)[C@@H](c2ccc(Cl)cc2)C2C(=O)N(c4cccc(C(F)(F)F)c4)C(=O)C2S3)cc1. The van der Waals surface area contributed by atoms with Crippen molar-refractivity contribution in [2.45, 2.75) is 33.8 Å². The molecule has 3 aromatic carbocycles. The second-order valence-electron chi connectivity index (χ2n) is 10.4. The van der Waals surface area contributed by atoms with Gasteiger partial charge in [-0.15, -0.1) is 0 Å². The van der Waals surface area contributed by atoms with Crippen LogP contribution in [0.3, 0.4) is 0 Å². The summed E-state index contributed by atoms with van der Waals surface area (Å²) in [5.41, 5.74) is -0.487. The number of amides is 3. The van der Waals surface area contributed by atoms with Gasteiger partial charge in [-0.25, -0.2) is 18.5 Å². The number of sulfonamides is 1. The third-order valence-corrected chi connectivity index (χ3v) is 11.3. The number of alkyl halides is 3. The molecule has 46 heavy (non-hydrogen) atoms. The van der Waals surface area contributed by atoms with E-state index in [-0.39, 0.29) is 21.3 Å². The van der Waals surface area contributed by atoms with E-state index in [2.05, 4.69) is 5.32 Å². The average Bonchev–Trinajstić information content (AvgIpc) is 3.43. The lowest BCUT2D eigenvalue weighted by molar-refractivity contribution is -0.137. The number of hydrogen-bond donors (Lipinski definition) is 2. The summed E-state index contributed by atoms with van der Waals surface area (Å²) >= 11 is 7.79. The number of carbonyl (C=O) groups excluding carboxylic acids is 3. The smallest absolute Gasteiger partial charge is 0.325 e.